The molecule has 5 rings (SSSR count). The van der Waals surface area contributed by atoms with Crippen LogP contribution in [0.5, 0.6) is 0 Å². The summed E-state index contributed by atoms with van der Waals surface area (Å²) in [6.45, 7) is 4.34. The second-order valence-electron chi connectivity index (χ2n) is 18.7. The van der Waals surface area contributed by atoms with Crippen LogP contribution in [0, 0.1) is 0 Å². The van der Waals surface area contributed by atoms with Gasteiger partial charge in [-0.3, -0.25) is 52.9 Å². The number of benzene rings is 2. The molecule has 78 heavy (non-hydrogen) atoms. The number of rotatable bonds is 17. The fourth-order valence-corrected chi connectivity index (χ4v) is 8.40. The first-order valence-corrected chi connectivity index (χ1v) is 25.7. The molecule has 1 saturated heterocycles. The Balaban J connectivity index is 0.00000317. The molecule has 2 aromatic heterocycles. The van der Waals surface area contributed by atoms with Crippen LogP contribution in [0.2, 0.25) is 0 Å². The Kier molecular flexibility index (Phi) is 25.2. The van der Waals surface area contributed by atoms with E-state index in [-0.39, 0.29) is 76.8 Å². The molecule has 1 fully saturated rings. The third kappa shape index (κ3) is 21.4. The van der Waals surface area contributed by atoms with Gasteiger partial charge in [0.1, 0.15) is 42.3 Å². The number of carbonyl (C=O) groups is 10. The van der Waals surface area contributed by atoms with Gasteiger partial charge in [0, 0.05) is 75.2 Å². The fourth-order valence-electron chi connectivity index (χ4n) is 8.40. The van der Waals surface area contributed by atoms with Gasteiger partial charge in [-0.15, -0.1) is 0 Å². The number of imidazole rings is 1. The van der Waals surface area contributed by atoms with Crippen molar-refractivity contribution in [1.82, 2.24) is 57.5 Å². The zero-order valence-corrected chi connectivity index (χ0v) is 44.0. The summed E-state index contributed by atoms with van der Waals surface area (Å²) < 4.78 is 0. The van der Waals surface area contributed by atoms with Gasteiger partial charge < -0.3 is 74.8 Å². The number of para-hydroxylation sites is 1. The largest absolute Gasteiger partial charge is 0.481 e. The number of unbranched alkanes of at least 4 members (excludes halogenated alkanes) is 1. The number of primary amides is 1. The highest BCUT2D eigenvalue weighted by Crippen LogP contribution is 2.20. The molecule has 0 bridgehead atoms. The Morgan fingerprint density at radius 3 is 2.01 bits per heavy atom. The number of aliphatic carboxylic acids is 1. The summed E-state index contributed by atoms with van der Waals surface area (Å²) in [7, 11) is 0. The number of aliphatic imine (C=N–C) groups is 1. The number of carboxylic acids is 1. The molecule has 4 aromatic rings. The smallest absolute Gasteiger partial charge is 0.300 e. The van der Waals surface area contributed by atoms with Crippen LogP contribution < -0.4 is 59.7 Å². The lowest BCUT2D eigenvalue weighted by Crippen LogP contribution is -2.61. The highest BCUT2D eigenvalue weighted by molar-refractivity contribution is 5.99. The second-order valence-corrected chi connectivity index (χ2v) is 18.7. The van der Waals surface area contributed by atoms with E-state index < -0.39 is 108 Å². The van der Waals surface area contributed by atoms with Gasteiger partial charge >= 0.3 is 0 Å². The van der Waals surface area contributed by atoms with Crippen molar-refractivity contribution < 1.29 is 53.1 Å². The molecule has 0 radical (unpaired) electrons. The van der Waals surface area contributed by atoms with Crippen molar-refractivity contribution in [3.05, 3.63) is 90.1 Å². The third-order valence-electron chi connectivity index (χ3n) is 12.3. The Hall–Kier alpha value is -8.84. The number of nitrogens with one attached hydrogen (secondary N) is 10. The molecule has 2 aromatic carbocycles. The summed E-state index contributed by atoms with van der Waals surface area (Å²) in [5.74, 6) is -7.93. The van der Waals surface area contributed by atoms with Crippen LogP contribution in [0.3, 0.4) is 0 Å². The number of H-pyrrole nitrogens is 2. The molecule has 2 unspecified atom stereocenters. The number of aromatic amines is 2. The summed E-state index contributed by atoms with van der Waals surface area (Å²) in [6.07, 6.45) is 5.72. The molecular formula is C52H73N15O11. The van der Waals surface area contributed by atoms with Crippen LogP contribution in [0.15, 0.2) is 78.3 Å². The molecule has 26 heteroatoms. The number of aromatic nitrogens is 3. The highest BCUT2D eigenvalue weighted by Gasteiger charge is 2.35. The Labute approximate surface area is 450 Å². The van der Waals surface area contributed by atoms with Crippen molar-refractivity contribution >= 4 is 76.0 Å². The lowest BCUT2D eigenvalue weighted by Gasteiger charge is -2.28. The van der Waals surface area contributed by atoms with Gasteiger partial charge in [-0.1, -0.05) is 68.3 Å². The molecule has 0 saturated carbocycles. The first kappa shape index (κ1) is 61.7. The van der Waals surface area contributed by atoms with E-state index in [2.05, 4.69) is 62.5 Å². The number of carboxylic acid groups (broad SMARTS) is 1. The second kappa shape index (κ2) is 31.9. The predicted octanol–water partition coefficient (Wildman–Crippen LogP) is -1.16. The SMILES string of the molecule is CC(=O)O.CCCC[C@H](NC(C)=O)C(=O)N[C@H]1CC(=O)NCCCC[C@@H](C(N)=O)NC(=O)[C@H](Cc2c[nH]c3ccccc23)NC(=O)[C@H](CCCN=C(N)N)NC(=O)C(Cc2ccccc2)NC(=O)C(Cc2cnc[nH]2)NC1=O. The minimum atomic E-state index is -1.58. The molecule has 17 N–H and O–H groups in total. The predicted molar refractivity (Wildman–Crippen MR) is 287 cm³/mol. The maximum absolute atomic E-state index is 14.7. The van der Waals surface area contributed by atoms with Gasteiger partial charge in [0.15, 0.2) is 5.96 Å². The zero-order valence-electron chi connectivity index (χ0n) is 44.0. The van der Waals surface area contributed by atoms with Gasteiger partial charge in [0.2, 0.25) is 53.2 Å². The van der Waals surface area contributed by atoms with E-state index in [0.29, 0.717) is 29.7 Å². The monoisotopic (exact) mass is 1080 g/mol. The zero-order chi connectivity index (χ0) is 57.1. The molecule has 1 aliphatic rings. The summed E-state index contributed by atoms with van der Waals surface area (Å²) in [6, 6.07) is 6.67. The maximum Gasteiger partial charge on any atom is 0.300 e. The number of carbonyl (C=O) groups excluding carboxylic acids is 9. The topological polar surface area (TPSA) is 422 Å². The number of hydrogen-bond donors (Lipinski definition) is 14. The first-order valence-electron chi connectivity index (χ1n) is 25.7. The van der Waals surface area contributed by atoms with E-state index >= 15 is 0 Å². The molecule has 26 nitrogen and oxygen atoms in total. The van der Waals surface area contributed by atoms with E-state index in [1.165, 1.54) is 19.4 Å². The van der Waals surface area contributed by atoms with E-state index in [1.54, 1.807) is 36.5 Å². The highest BCUT2D eigenvalue weighted by atomic mass is 16.4. The first-order chi connectivity index (χ1) is 37.2. The van der Waals surface area contributed by atoms with E-state index in [4.69, 9.17) is 27.1 Å². The Bertz CT molecular complexity index is 2690. The van der Waals surface area contributed by atoms with E-state index in [0.717, 1.165) is 17.8 Å². The lowest BCUT2D eigenvalue weighted by atomic mass is 10.0. The number of amides is 9. The van der Waals surface area contributed by atoms with Crippen LogP contribution >= 0.6 is 0 Å². The van der Waals surface area contributed by atoms with Gasteiger partial charge in [-0.05, 0) is 55.7 Å². The third-order valence-corrected chi connectivity index (χ3v) is 12.3. The summed E-state index contributed by atoms with van der Waals surface area (Å²) in [5, 5.41) is 29.8. The molecule has 7 atom stereocenters. The van der Waals surface area contributed by atoms with Crippen LogP contribution in [0.4, 0.5) is 0 Å². The number of hydrogen-bond acceptors (Lipinski definition) is 12. The van der Waals surface area contributed by atoms with Crippen molar-refractivity contribution in [2.24, 2.45) is 22.2 Å². The maximum atomic E-state index is 14.7. The van der Waals surface area contributed by atoms with Crippen molar-refractivity contribution in [2.45, 2.75) is 140 Å². The van der Waals surface area contributed by atoms with Crippen LogP contribution in [-0.2, 0) is 67.2 Å². The summed E-state index contributed by atoms with van der Waals surface area (Å²) >= 11 is 0. The summed E-state index contributed by atoms with van der Waals surface area (Å²) in [5.41, 5.74) is 19.4. The average Bonchev–Trinajstić information content (AvgIpc) is 4.07. The molecule has 0 spiro atoms. The van der Waals surface area contributed by atoms with E-state index in [1.807, 2.05) is 31.2 Å². The minimum Gasteiger partial charge on any atom is -0.481 e. The molecule has 3 heterocycles. The number of nitrogens with two attached hydrogens (primary N) is 3. The molecule has 0 aliphatic carbocycles. The van der Waals surface area contributed by atoms with Gasteiger partial charge in [-0.25, -0.2) is 4.98 Å². The lowest BCUT2D eigenvalue weighted by molar-refractivity contribution is -0.136. The van der Waals surface area contributed by atoms with Crippen LogP contribution in [0.25, 0.3) is 10.9 Å². The van der Waals surface area contributed by atoms with Gasteiger partial charge in [-0.2, -0.15) is 0 Å². The van der Waals surface area contributed by atoms with E-state index in [9.17, 15) is 43.2 Å². The molecular weight excluding hydrogens is 1010 g/mol. The average molecular weight is 1080 g/mol. The van der Waals surface area contributed by atoms with Gasteiger partial charge in [0.05, 0.1) is 12.7 Å². The molecule has 9 amide bonds. The Morgan fingerprint density at radius 1 is 0.756 bits per heavy atom. The molecule has 422 valence electrons. The van der Waals surface area contributed by atoms with Crippen molar-refractivity contribution in [3.8, 4) is 0 Å². The molecule has 1 aliphatic heterocycles. The van der Waals surface area contributed by atoms with Crippen LogP contribution in [-0.4, -0.2) is 141 Å². The summed E-state index contributed by atoms with van der Waals surface area (Å²) in [4.78, 5) is 148. The quantitative estimate of drug-likeness (QED) is 0.0337. The Morgan fingerprint density at radius 2 is 1.37 bits per heavy atom. The normalized spacial score (nSPS) is 20.6. The van der Waals surface area contributed by atoms with Crippen molar-refractivity contribution in [2.75, 3.05) is 13.1 Å². The van der Waals surface area contributed by atoms with Crippen molar-refractivity contribution in [3.63, 3.8) is 0 Å². The number of fused-ring (bicyclic) bond motifs is 1. The fraction of sp³-hybridized carbons (Fsp3) is 0.462. The van der Waals surface area contributed by atoms with Gasteiger partial charge in [0.25, 0.3) is 5.97 Å². The standard InChI is InChI=1S/C50H69N15O9.C2H4O2/c1-3-4-16-36(59-29(2)66)44(69)65-41-25-42(67)55-20-11-10-18-35(43(51)68)60-47(72)39(23-31-26-57-34-17-9-8-15-33(31)34)63-45(70)37(19-12-21-56-50(52)53)61-46(71)38(22-30-13-6-5-7-14-30)62-48(73)40(64-49(41)74)24-32-27-54-28-58-32;1-2(3)4/h5-9,13-15,17,26-28,35-41,57H,3-4,10-12,16,18-25H2,1-2H3,(H2,51,68)(H,54,58)(H,55,67)(H,59,66)(H,60,72)(H,61,71)(H,62,73)(H,63,70)(H,64,74)(H,65,69)(H4,52,53,56);1H3,(H,3,4)/t35-,36-,37-,38?,39-,40?,41-;/m0./s1. The number of guanidine groups is 1. The van der Waals surface area contributed by atoms with Crippen LogP contribution in [0.1, 0.15) is 95.4 Å². The number of nitrogens with zero attached hydrogens (tertiary/aromatic N) is 2. The van der Waals surface area contributed by atoms with Crippen molar-refractivity contribution in [1.29, 1.82) is 0 Å². The minimum absolute atomic E-state index is 0.0408.